The summed E-state index contributed by atoms with van der Waals surface area (Å²) >= 11 is 0. The van der Waals surface area contributed by atoms with Crippen LogP contribution >= 0.6 is 0 Å². The third kappa shape index (κ3) is 6.71. The predicted octanol–water partition coefficient (Wildman–Crippen LogP) is 7.07. The molecule has 0 fully saturated rings. The molecule has 0 atom stereocenters. The topological polar surface area (TPSA) is 42.9 Å². The number of nitrogens with zero attached hydrogens (tertiary/aromatic N) is 1. The van der Waals surface area contributed by atoms with Crippen molar-refractivity contribution < 1.29 is 9.47 Å². The van der Waals surface area contributed by atoms with E-state index in [0.717, 1.165) is 46.0 Å². The molecule has 0 aliphatic carbocycles. The van der Waals surface area contributed by atoms with Crippen molar-refractivity contribution in [1.82, 2.24) is 0 Å². The third-order valence-electron chi connectivity index (χ3n) is 5.19. The number of nitrogens with one attached hydrogen (secondary N) is 1. The molecule has 0 aromatic heterocycles. The molecule has 0 amide bonds. The molecule has 0 aliphatic heterocycles. The van der Waals surface area contributed by atoms with Gasteiger partial charge in [-0.2, -0.15) is 5.10 Å². The quantitative estimate of drug-likeness (QED) is 0.213. The first-order valence-electron chi connectivity index (χ1n) is 11.2. The minimum Gasteiger partial charge on any atom is -0.489 e. The van der Waals surface area contributed by atoms with Gasteiger partial charge in [0.25, 0.3) is 0 Å². The van der Waals surface area contributed by atoms with Crippen LogP contribution in [0.25, 0.3) is 0 Å². The second-order valence-corrected chi connectivity index (χ2v) is 7.62. The van der Waals surface area contributed by atoms with Crippen molar-refractivity contribution in [3.05, 3.63) is 126 Å². The first kappa shape index (κ1) is 22.2. The Labute approximate surface area is 195 Å². The van der Waals surface area contributed by atoms with Crippen LogP contribution in [0, 0.1) is 0 Å². The maximum Gasteiger partial charge on any atom is 0.119 e. The van der Waals surface area contributed by atoms with E-state index < -0.39 is 0 Å². The van der Waals surface area contributed by atoms with Gasteiger partial charge in [0.15, 0.2) is 0 Å². The summed E-state index contributed by atoms with van der Waals surface area (Å²) in [6, 6.07) is 36.2. The van der Waals surface area contributed by atoms with Crippen molar-refractivity contribution in [2.75, 3.05) is 5.43 Å². The van der Waals surface area contributed by atoms with E-state index in [0.29, 0.717) is 13.2 Å². The molecule has 0 spiro atoms. The molecule has 0 saturated carbocycles. The number of hydrogen-bond donors (Lipinski definition) is 1. The van der Waals surface area contributed by atoms with Crippen LogP contribution in [0.1, 0.15) is 30.0 Å². The molecule has 4 rings (SSSR count). The van der Waals surface area contributed by atoms with E-state index >= 15 is 0 Å². The second-order valence-electron chi connectivity index (χ2n) is 7.62. The van der Waals surface area contributed by atoms with Crippen molar-refractivity contribution >= 4 is 11.4 Å². The summed E-state index contributed by atoms with van der Waals surface area (Å²) in [6.07, 6.45) is 0.815. The van der Waals surface area contributed by atoms with Crippen LogP contribution in [0.5, 0.6) is 11.5 Å². The maximum atomic E-state index is 5.88. The van der Waals surface area contributed by atoms with Gasteiger partial charge in [-0.25, -0.2) is 0 Å². The van der Waals surface area contributed by atoms with Gasteiger partial charge in [0.2, 0.25) is 0 Å². The number of ether oxygens (including phenoxy) is 2. The number of rotatable bonds is 10. The lowest BCUT2D eigenvalue weighted by molar-refractivity contribution is 0.306. The van der Waals surface area contributed by atoms with Crippen molar-refractivity contribution in [2.24, 2.45) is 5.10 Å². The second kappa shape index (κ2) is 11.5. The van der Waals surface area contributed by atoms with E-state index in [1.807, 2.05) is 84.9 Å². The van der Waals surface area contributed by atoms with Crippen molar-refractivity contribution in [1.29, 1.82) is 0 Å². The molecule has 33 heavy (non-hydrogen) atoms. The van der Waals surface area contributed by atoms with Crippen LogP contribution in [-0.2, 0) is 13.2 Å². The van der Waals surface area contributed by atoms with Crippen LogP contribution in [0.3, 0.4) is 0 Å². The standard InChI is InChI=1S/C29H28N2O2/c1-2-29(25-13-17-27(18-14-25)32-21-23-9-5-3-6-10-23)31-30-26-15-19-28(20-16-26)33-22-24-11-7-4-8-12-24/h3-20,30H,2,21-22H2,1H3/b31-29+. The molecule has 0 saturated heterocycles. The number of hydrazone groups is 1. The summed E-state index contributed by atoms with van der Waals surface area (Å²) in [5.41, 5.74) is 8.42. The summed E-state index contributed by atoms with van der Waals surface area (Å²) in [4.78, 5) is 0. The molecule has 4 nitrogen and oxygen atoms in total. The highest BCUT2D eigenvalue weighted by Gasteiger charge is 2.03. The summed E-state index contributed by atoms with van der Waals surface area (Å²) in [7, 11) is 0. The summed E-state index contributed by atoms with van der Waals surface area (Å²) in [6.45, 7) is 3.21. The van der Waals surface area contributed by atoms with Crippen LogP contribution in [0.4, 0.5) is 5.69 Å². The Morgan fingerprint density at radius 3 is 1.61 bits per heavy atom. The molecule has 0 heterocycles. The average molecular weight is 437 g/mol. The van der Waals surface area contributed by atoms with Gasteiger partial charge in [-0.05, 0) is 71.6 Å². The van der Waals surface area contributed by atoms with E-state index in [1.54, 1.807) is 0 Å². The highest BCUT2D eigenvalue weighted by Crippen LogP contribution is 2.19. The minimum absolute atomic E-state index is 0.552. The molecule has 0 radical (unpaired) electrons. The predicted molar refractivity (Wildman–Crippen MR) is 135 cm³/mol. The third-order valence-corrected chi connectivity index (χ3v) is 5.19. The molecular weight excluding hydrogens is 408 g/mol. The smallest absolute Gasteiger partial charge is 0.119 e. The van der Waals surface area contributed by atoms with Gasteiger partial charge in [-0.3, -0.25) is 5.43 Å². The largest absolute Gasteiger partial charge is 0.489 e. The van der Waals surface area contributed by atoms with Gasteiger partial charge in [0, 0.05) is 0 Å². The Bertz CT molecular complexity index is 1140. The Balaban J connectivity index is 1.31. The lowest BCUT2D eigenvalue weighted by Crippen LogP contribution is -2.03. The molecule has 4 heteroatoms. The molecule has 0 bridgehead atoms. The lowest BCUT2D eigenvalue weighted by Gasteiger charge is -2.10. The van der Waals surface area contributed by atoms with E-state index in [2.05, 4.69) is 41.7 Å². The van der Waals surface area contributed by atoms with Gasteiger partial charge in [-0.1, -0.05) is 67.6 Å². The Morgan fingerprint density at radius 1 is 0.636 bits per heavy atom. The van der Waals surface area contributed by atoms with Crippen molar-refractivity contribution in [2.45, 2.75) is 26.6 Å². The van der Waals surface area contributed by atoms with Gasteiger partial charge >= 0.3 is 0 Å². The zero-order chi connectivity index (χ0) is 22.7. The molecule has 166 valence electrons. The highest BCUT2D eigenvalue weighted by atomic mass is 16.5. The molecule has 0 aliphatic rings. The fraction of sp³-hybridized carbons (Fsp3) is 0.138. The zero-order valence-electron chi connectivity index (χ0n) is 18.8. The molecule has 4 aromatic carbocycles. The van der Waals surface area contributed by atoms with E-state index in [4.69, 9.17) is 9.47 Å². The first-order valence-corrected chi connectivity index (χ1v) is 11.2. The minimum atomic E-state index is 0.552. The van der Waals surface area contributed by atoms with Crippen molar-refractivity contribution in [3.8, 4) is 11.5 Å². The average Bonchev–Trinajstić information content (AvgIpc) is 2.89. The maximum absolute atomic E-state index is 5.88. The highest BCUT2D eigenvalue weighted by molar-refractivity contribution is 6.00. The Kier molecular flexibility index (Phi) is 7.74. The van der Waals surface area contributed by atoms with E-state index in [1.165, 1.54) is 0 Å². The zero-order valence-corrected chi connectivity index (χ0v) is 18.8. The molecule has 1 N–H and O–H groups in total. The van der Waals surface area contributed by atoms with E-state index in [9.17, 15) is 0 Å². The van der Waals surface area contributed by atoms with Gasteiger partial charge in [-0.15, -0.1) is 0 Å². The Hall–Kier alpha value is -4.05. The van der Waals surface area contributed by atoms with Crippen LogP contribution in [0.15, 0.2) is 114 Å². The number of benzene rings is 4. The van der Waals surface area contributed by atoms with E-state index in [-0.39, 0.29) is 0 Å². The van der Waals surface area contributed by atoms with Crippen LogP contribution in [0.2, 0.25) is 0 Å². The monoisotopic (exact) mass is 436 g/mol. The fourth-order valence-corrected chi connectivity index (χ4v) is 3.33. The number of hydrogen-bond acceptors (Lipinski definition) is 4. The summed E-state index contributed by atoms with van der Waals surface area (Å²) < 4.78 is 11.7. The van der Waals surface area contributed by atoms with Crippen LogP contribution < -0.4 is 14.9 Å². The molecular formula is C29H28N2O2. The van der Waals surface area contributed by atoms with Crippen LogP contribution in [-0.4, -0.2) is 5.71 Å². The SMILES string of the molecule is CC/C(=N\Nc1ccc(OCc2ccccc2)cc1)c1ccc(OCc2ccccc2)cc1. The van der Waals surface area contributed by atoms with Gasteiger partial charge < -0.3 is 9.47 Å². The first-order chi connectivity index (χ1) is 16.3. The molecule has 0 unspecified atom stereocenters. The lowest BCUT2D eigenvalue weighted by atomic mass is 10.1. The normalized spacial score (nSPS) is 11.1. The van der Waals surface area contributed by atoms with Gasteiger partial charge in [0.05, 0.1) is 11.4 Å². The number of anilines is 1. The molecule has 4 aromatic rings. The van der Waals surface area contributed by atoms with Gasteiger partial charge in [0.1, 0.15) is 24.7 Å². The van der Waals surface area contributed by atoms with Crippen molar-refractivity contribution in [3.63, 3.8) is 0 Å². The fourth-order valence-electron chi connectivity index (χ4n) is 3.33. The Morgan fingerprint density at radius 2 is 1.12 bits per heavy atom. The summed E-state index contributed by atoms with van der Waals surface area (Å²) in [5, 5.41) is 4.61. The summed E-state index contributed by atoms with van der Waals surface area (Å²) in [5.74, 6) is 1.67.